The van der Waals surface area contributed by atoms with E-state index in [0.29, 0.717) is 32.8 Å². The summed E-state index contributed by atoms with van der Waals surface area (Å²) < 4.78 is 5.18. The molecular formula is C15H21N3O3. The summed E-state index contributed by atoms with van der Waals surface area (Å²) in [5.41, 5.74) is 2.20. The molecule has 1 aromatic rings. The van der Waals surface area contributed by atoms with E-state index >= 15 is 0 Å². The van der Waals surface area contributed by atoms with E-state index in [4.69, 9.17) is 4.74 Å². The Morgan fingerprint density at radius 3 is 2.48 bits per heavy atom. The molecule has 0 bridgehead atoms. The normalized spacial score (nSPS) is 14.6. The fourth-order valence-electron chi connectivity index (χ4n) is 2.03. The second-order valence-corrected chi connectivity index (χ2v) is 5.01. The van der Waals surface area contributed by atoms with Gasteiger partial charge in [-0.3, -0.25) is 4.79 Å². The Labute approximate surface area is 124 Å². The van der Waals surface area contributed by atoms with Gasteiger partial charge in [0.25, 0.3) is 0 Å². The molecule has 1 saturated heterocycles. The Kier molecular flexibility index (Phi) is 5.57. The van der Waals surface area contributed by atoms with Crippen LogP contribution in [0.15, 0.2) is 24.3 Å². The van der Waals surface area contributed by atoms with Crippen LogP contribution in [0.5, 0.6) is 0 Å². The summed E-state index contributed by atoms with van der Waals surface area (Å²) in [5, 5.41) is 5.31. The second-order valence-electron chi connectivity index (χ2n) is 5.01. The predicted octanol–water partition coefficient (Wildman–Crippen LogP) is 0.653. The van der Waals surface area contributed by atoms with Crippen LogP contribution in [0, 0.1) is 6.92 Å². The summed E-state index contributed by atoms with van der Waals surface area (Å²) in [6.07, 6.45) is 0. The lowest BCUT2D eigenvalue weighted by Gasteiger charge is -2.26. The summed E-state index contributed by atoms with van der Waals surface area (Å²) in [6, 6.07) is 7.59. The van der Waals surface area contributed by atoms with Gasteiger partial charge in [-0.25, -0.2) is 4.79 Å². The van der Waals surface area contributed by atoms with Gasteiger partial charge in [0.2, 0.25) is 5.91 Å². The SMILES string of the molecule is Cc1ccc(CNC(=O)NCC(=O)N2CCOCC2)cc1. The van der Waals surface area contributed by atoms with E-state index in [1.54, 1.807) is 4.90 Å². The van der Waals surface area contributed by atoms with Gasteiger partial charge in [0, 0.05) is 19.6 Å². The van der Waals surface area contributed by atoms with Crippen molar-refractivity contribution in [2.24, 2.45) is 0 Å². The van der Waals surface area contributed by atoms with Crippen LogP contribution < -0.4 is 10.6 Å². The molecule has 1 aromatic carbocycles. The summed E-state index contributed by atoms with van der Waals surface area (Å²) >= 11 is 0. The van der Waals surface area contributed by atoms with E-state index in [9.17, 15) is 9.59 Å². The molecule has 0 spiro atoms. The van der Waals surface area contributed by atoms with Crippen molar-refractivity contribution in [2.45, 2.75) is 13.5 Å². The molecule has 21 heavy (non-hydrogen) atoms. The van der Waals surface area contributed by atoms with Crippen molar-refractivity contribution >= 4 is 11.9 Å². The number of aryl methyl sites for hydroxylation is 1. The van der Waals surface area contributed by atoms with Crippen molar-refractivity contribution in [1.82, 2.24) is 15.5 Å². The predicted molar refractivity (Wildman–Crippen MR) is 78.8 cm³/mol. The third-order valence-electron chi connectivity index (χ3n) is 3.34. The quantitative estimate of drug-likeness (QED) is 0.856. The Morgan fingerprint density at radius 1 is 1.14 bits per heavy atom. The van der Waals surface area contributed by atoms with E-state index in [1.807, 2.05) is 31.2 Å². The molecule has 6 nitrogen and oxygen atoms in total. The molecule has 3 amide bonds. The number of benzene rings is 1. The van der Waals surface area contributed by atoms with Crippen LogP contribution in [0.4, 0.5) is 4.79 Å². The van der Waals surface area contributed by atoms with Gasteiger partial charge in [0.1, 0.15) is 0 Å². The highest BCUT2D eigenvalue weighted by Crippen LogP contribution is 2.02. The van der Waals surface area contributed by atoms with Crippen LogP contribution in [0.3, 0.4) is 0 Å². The lowest BCUT2D eigenvalue weighted by molar-refractivity contribution is -0.134. The Bertz CT molecular complexity index is 481. The molecule has 0 radical (unpaired) electrons. The van der Waals surface area contributed by atoms with Gasteiger partial charge < -0.3 is 20.3 Å². The molecular weight excluding hydrogens is 270 g/mol. The van der Waals surface area contributed by atoms with E-state index in [1.165, 1.54) is 5.56 Å². The molecule has 6 heteroatoms. The zero-order valence-corrected chi connectivity index (χ0v) is 12.2. The number of carbonyl (C=O) groups excluding carboxylic acids is 2. The van der Waals surface area contributed by atoms with Gasteiger partial charge in [-0.15, -0.1) is 0 Å². The van der Waals surface area contributed by atoms with Crippen molar-refractivity contribution in [2.75, 3.05) is 32.8 Å². The molecule has 0 saturated carbocycles. The van der Waals surface area contributed by atoms with Crippen LogP contribution in [0.25, 0.3) is 0 Å². The smallest absolute Gasteiger partial charge is 0.315 e. The van der Waals surface area contributed by atoms with Crippen LogP contribution in [-0.2, 0) is 16.1 Å². The lowest BCUT2D eigenvalue weighted by atomic mass is 10.1. The molecule has 0 aromatic heterocycles. The molecule has 1 aliphatic rings. The largest absolute Gasteiger partial charge is 0.378 e. The van der Waals surface area contributed by atoms with Crippen LogP contribution in [0.1, 0.15) is 11.1 Å². The maximum atomic E-state index is 11.8. The van der Waals surface area contributed by atoms with Gasteiger partial charge in [-0.2, -0.15) is 0 Å². The Balaban J connectivity index is 1.67. The first-order chi connectivity index (χ1) is 10.1. The number of urea groups is 1. The minimum atomic E-state index is -0.336. The first kappa shape index (κ1) is 15.3. The molecule has 0 unspecified atom stereocenters. The highest BCUT2D eigenvalue weighted by Gasteiger charge is 2.16. The van der Waals surface area contributed by atoms with Gasteiger partial charge >= 0.3 is 6.03 Å². The maximum Gasteiger partial charge on any atom is 0.315 e. The van der Waals surface area contributed by atoms with Crippen LogP contribution >= 0.6 is 0 Å². The van der Waals surface area contributed by atoms with E-state index < -0.39 is 0 Å². The van der Waals surface area contributed by atoms with Crippen molar-refractivity contribution in [3.05, 3.63) is 35.4 Å². The molecule has 1 fully saturated rings. The first-order valence-corrected chi connectivity index (χ1v) is 7.08. The van der Waals surface area contributed by atoms with Crippen LogP contribution in [-0.4, -0.2) is 49.7 Å². The number of nitrogens with one attached hydrogen (secondary N) is 2. The van der Waals surface area contributed by atoms with Gasteiger partial charge in [-0.1, -0.05) is 29.8 Å². The Morgan fingerprint density at radius 2 is 1.81 bits per heavy atom. The zero-order chi connectivity index (χ0) is 15.1. The summed E-state index contributed by atoms with van der Waals surface area (Å²) in [6.45, 7) is 4.77. The summed E-state index contributed by atoms with van der Waals surface area (Å²) in [4.78, 5) is 25.2. The minimum Gasteiger partial charge on any atom is -0.378 e. The minimum absolute atomic E-state index is 0.0136. The molecule has 2 rings (SSSR count). The number of hydrogen-bond acceptors (Lipinski definition) is 3. The van der Waals surface area contributed by atoms with Gasteiger partial charge in [-0.05, 0) is 12.5 Å². The van der Waals surface area contributed by atoms with E-state index in [0.717, 1.165) is 5.56 Å². The highest BCUT2D eigenvalue weighted by atomic mass is 16.5. The topological polar surface area (TPSA) is 70.7 Å². The van der Waals surface area contributed by atoms with Gasteiger partial charge in [0.05, 0.1) is 19.8 Å². The lowest BCUT2D eigenvalue weighted by Crippen LogP contribution is -2.47. The molecule has 1 aliphatic heterocycles. The number of rotatable bonds is 4. The number of carbonyl (C=O) groups is 2. The average molecular weight is 291 g/mol. The fourth-order valence-corrected chi connectivity index (χ4v) is 2.03. The van der Waals surface area contributed by atoms with Crippen molar-refractivity contribution in [3.8, 4) is 0 Å². The molecule has 1 heterocycles. The van der Waals surface area contributed by atoms with Crippen molar-refractivity contribution < 1.29 is 14.3 Å². The fraction of sp³-hybridized carbons (Fsp3) is 0.467. The van der Waals surface area contributed by atoms with E-state index in [-0.39, 0.29) is 18.5 Å². The Hall–Kier alpha value is -2.08. The second kappa shape index (κ2) is 7.64. The summed E-state index contributed by atoms with van der Waals surface area (Å²) in [7, 11) is 0. The monoisotopic (exact) mass is 291 g/mol. The number of nitrogens with zero attached hydrogens (tertiary/aromatic N) is 1. The van der Waals surface area contributed by atoms with Crippen LogP contribution in [0.2, 0.25) is 0 Å². The van der Waals surface area contributed by atoms with Crippen molar-refractivity contribution in [3.63, 3.8) is 0 Å². The maximum absolute atomic E-state index is 11.8. The van der Waals surface area contributed by atoms with Crippen molar-refractivity contribution in [1.29, 1.82) is 0 Å². The van der Waals surface area contributed by atoms with E-state index in [2.05, 4.69) is 10.6 Å². The summed E-state index contributed by atoms with van der Waals surface area (Å²) in [5.74, 6) is -0.0798. The third kappa shape index (κ3) is 5.07. The van der Waals surface area contributed by atoms with Gasteiger partial charge in [0.15, 0.2) is 0 Å². The molecule has 0 aliphatic carbocycles. The first-order valence-electron chi connectivity index (χ1n) is 7.08. The molecule has 0 atom stereocenters. The average Bonchev–Trinajstić information content (AvgIpc) is 2.53. The molecule has 114 valence electrons. The zero-order valence-electron chi connectivity index (χ0n) is 12.2. The number of ether oxygens (including phenoxy) is 1. The highest BCUT2D eigenvalue weighted by molar-refractivity contribution is 5.84. The third-order valence-corrected chi connectivity index (χ3v) is 3.34. The standard InChI is InChI=1S/C15H21N3O3/c1-12-2-4-13(5-3-12)10-16-15(20)17-11-14(19)18-6-8-21-9-7-18/h2-5H,6-11H2,1H3,(H2,16,17,20). The number of amides is 3. The number of morpholine rings is 1. The number of hydrogen-bond donors (Lipinski definition) is 2. The molecule has 2 N–H and O–H groups in total.